The molecule has 4 nitrogen and oxygen atoms in total. The molecule has 19 heavy (non-hydrogen) atoms. The molecule has 1 unspecified atom stereocenters. The topological polar surface area (TPSA) is 45.6 Å². The molecule has 2 fully saturated rings. The van der Waals surface area contributed by atoms with Gasteiger partial charge in [0.05, 0.1) is 6.04 Å². The van der Waals surface area contributed by atoms with Crippen molar-refractivity contribution >= 4 is 0 Å². The maximum atomic E-state index is 5.98. The molecule has 1 aliphatic carbocycles. The van der Waals surface area contributed by atoms with E-state index in [9.17, 15) is 0 Å². The highest BCUT2D eigenvalue weighted by molar-refractivity contribution is 5.12. The molecule has 106 valence electrons. The molecular weight excluding hydrogens is 238 g/mol. The molecule has 2 aliphatic rings. The quantitative estimate of drug-likeness (QED) is 0.877. The fraction of sp³-hybridized carbons (Fsp3) is 0.733. The third-order valence-corrected chi connectivity index (χ3v) is 4.44. The molecule has 0 aromatic carbocycles. The third kappa shape index (κ3) is 2.86. The second-order valence-corrected chi connectivity index (χ2v) is 5.71. The van der Waals surface area contributed by atoms with Crippen LogP contribution in [-0.4, -0.2) is 48.6 Å². The molecule has 0 spiro atoms. The van der Waals surface area contributed by atoms with Crippen LogP contribution in [-0.2, 0) is 6.42 Å². The van der Waals surface area contributed by atoms with Gasteiger partial charge in [-0.2, -0.15) is 0 Å². The van der Waals surface area contributed by atoms with Crippen LogP contribution in [0.3, 0.4) is 0 Å². The number of hydrogen-bond donors (Lipinski definition) is 1. The predicted molar refractivity (Wildman–Crippen MR) is 76.0 cm³/mol. The fourth-order valence-electron chi connectivity index (χ4n) is 3.06. The van der Waals surface area contributed by atoms with Crippen LogP contribution in [0.1, 0.15) is 37.3 Å². The van der Waals surface area contributed by atoms with Crippen LogP contribution in [0.15, 0.2) is 16.5 Å². The van der Waals surface area contributed by atoms with Crippen molar-refractivity contribution in [3.63, 3.8) is 0 Å². The molecular formula is C15H25N3O. The summed E-state index contributed by atoms with van der Waals surface area (Å²) in [6.07, 6.45) is 3.75. The molecule has 2 N–H and O–H groups in total. The summed E-state index contributed by atoms with van der Waals surface area (Å²) in [5.41, 5.74) is 5.98. The first-order valence-corrected chi connectivity index (χ1v) is 7.58. The van der Waals surface area contributed by atoms with Crippen molar-refractivity contribution in [2.75, 3.05) is 32.7 Å². The average molecular weight is 263 g/mol. The molecule has 1 saturated carbocycles. The van der Waals surface area contributed by atoms with Crippen LogP contribution in [0.25, 0.3) is 0 Å². The third-order valence-electron chi connectivity index (χ3n) is 4.44. The van der Waals surface area contributed by atoms with Gasteiger partial charge in [-0.1, -0.05) is 6.92 Å². The van der Waals surface area contributed by atoms with Crippen LogP contribution in [0.5, 0.6) is 0 Å². The predicted octanol–water partition coefficient (Wildman–Crippen LogP) is 1.62. The molecule has 1 aromatic rings. The Balaban J connectivity index is 1.62. The van der Waals surface area contributed by atoms with Gasteiger partial charge in [-0.25, -0.2) is 0 Å². The number of hydrogen-bond acceptors (Lipinski definition) is 4. The maximum Gasteiger partial charge on any atom is 0.122 e. The zero-order valence-electron chi connectivity index (χ0n) is 11.8. The number of nitrogens with zero attached hydrogens (tertiary/aromatic N) is 2. The van der Waals surface area contributed by atoms with E-state index < -0.39 is 0 Å². The Morgan fingerprint density at radius 3 is 2.53 bits per heavy atom. The lowest BCUT2D eigenvalue weighted by molar-refractivity contribution is 0.0848. The van der Waals surface area contributed by atoms with Crippen molar-refractivity contribution in [1.29, 1.82) is 0 Å². The molecule has 1 saturated heterocycles. The van der Waals surface area contributed by atoms with Gasteiger partial charge in [0.2, 0.25) is 0 Å². The van der Waals surface area contributed by atoms with Crippen LogP contribution in [0.2, 0.25) is 0 Å². The number of nitrogens with two attached hydrogens (primary N) is 1. The summed E-state index contributed by atoms with van der Waals surface area (Å²) in [4.78, 5) is 5.11. The first-order chi connectivity index (χ1) is 9.31. The first-order valence-electron chi connectivity index (χ1n) is 7.58. The van der Waals surface area contributed by atoms with Gasteiger partial charge >= 0.3 is 0 Å². The van der Waals surface area contributed by atoms with Gasteiger partial charge in [-0.15, -0.1) is 0 Å². The lowest BCUT2D eigenvalue weighted by Gasteiger charge is -2.38. The molecule has 3 rings (SSSR count). The van der Waals surface area contributed by atoms with Gasteiger partial charge in [0.15, 0.2) is 0 Å². The second-order valence-electron chi connectivity index (χ2n) is 5.71. The van der Waals surface area contributed by atoms with E-state index in [1.807, 2.05) is 0 Å². The molecule has 1 aromatic heterocycles. The number of rotatable bonds is 5. The molecule has 0 amide bonds. The Bertz CT molecular complexity index is 405. The first kappa shape index (κ1) is 13.2. The van der Waals surface area contributed by atoms with E-state index in [-0.39, 0.29) is 6.04 Å². The highest BCUT2D eigenvalue weighted by Gasteiger charge is 2.33. The Hall–Kier alpha value is -0.840. The average Bonchev–Trinajstić information content (AvgIpc) is 3.20. The Morgan fingerprint density at radius 2 is 2.00 bits per heavy atom. The van der Waals surface area contributed by atoms with Crippen molar-refractivity contribution in [3.8, 4) is 0 Å². The van der Waals surface area contributed by atoms with Gasteiger partial charge in [0, 0.05) is 45.2 Å². The van der Waals surface area contributed by atoms with Crippen LogP contribution in [0.4, 0.5) is 0 Å². The van der Waals surface area contributed by atoms with Gasteiger partial charge in [-0.05, 0) is 25.0 Å². The molecule has 0 bridgehead atoms. The number of furan rings is 1. The minimum Gasteiger partial charge on any atom is -0.464 e. The van der Waals surface area contributed by atoms with E-state index in [0.29, 0.717) is 6.54 Å². The number of aryl methyl sites for hydroxylation is 1. The number of piperazine rings is 1. The van der Waals surface area contributed by atoms with Crippen molar-refractivity contribution in [1.82, 2.24) is 9.80 Å². The summed E-state index contributed by atoms with van der Waals surface area (Å²) in [6, 6.07) is 5.32. The summed E-state index contributed by atoms with van der Waals surface area (Å²) in [6.45, 7) is 7.35. The lowest BCUT2D eigenvalue weighted by atomic mass is 10.1. The van der Waals surface area contributed by atoms with Gasteiger partial charge in [0.1, 0.15) is 11.5 Å². The molecule has 1 atom stereocenters. The van der Waals surface area contributed by atoms with E-state index in [4.69, 9.17) is 10.2 Å². The fourth-order valence-corrected chi connectivity index (χ4v) is 3.06. The lowest BCUT2D eigenvalue weighted by Crippen LogP contribution is -2.49. The molecule has 4 heteroatoms. The summed E-state index contributed by atoms with van der Waals surface area (Å²) >= 11 is 0. The van der Waals surface area contributed by atoms with Crippen molar-refractivity contribution in [2.45, 2.75) is 38.3 Å². The summed E-state index contributed by atoms with van der Waals surface area (Å²) < 4.78 is 5.89. The smallest absolute Gasteiger partial charge is 0.122 e. The van der Waals surface area contributed by atoms with Crippen LogP contribution in [0, 0.1) is 0 Å². The van der Waals surface area contributed by atoms with E-state index in [1.165, 1.54) is 25.9 Å². The highest BCUT2D eigenvalue weighted by Crippen LogP contribution is 2.29. The maximum absolute atomic E-state index is 5.98. The highest BCUT2D eigenvalue weighted by atomic mass is 16.3. The zero-order chi connectivity index (χ0) is 13.2. The van der Waals surface area contributed by atoms with Crippen LogP contribution < -0.4 is 5.73 Å². The van der Waals surface area contributed by atoms with E-state index in [0.717, 1.165) is 37.1 Å². The molecule has 1 aliphatic heterocycles. The van der Waals surface area contributed by atoms with Gasteiger partial charge < -0.3 is 10.2 Å². The zero-order valence-corrected chi connectivity index (χ0v) is 11.8. The SMILES string of the molecule is CCc1ccc(C(CN)N2CCN(C3CC3)CC2)o1. The van der Waals surface area contributed by atoms with E-state index in [2.05, 4.69) is 28.9 Å². The van der Waals surface area contributed by atoms with Crippen molar-refractivity contribution in [2.24, 2.45) is 5.73 Å². The largest absolute Gasteiger partial charge is 0.464 e. The Morgan fingerprint density at radius 1 is 1.26 bits per heavy atom. The molecule has 2 heterocycles. The Kier molecular flexibility index (Phi) is 3.91. The van der Waals surface area contributed by atoms with Crippen molar-refractivity contribution in [3.05, 3.63) is 23.7 Å². The summed E-state index contributed by atoms with van der Waals surface area (Å²) in [5, 5.41) is 0. The summed E-state index contributed by atoms with van der Waals surface area (Å²) in [7, 11) is 0. The summed E-state index contributed by atoms with van der Waals surface area (Å²) in [5.74, 6) is 2.10. The monoisotopic (exact) mass is 263 g/mol. The van der Waals surface area contributed by atoms with Gasteiger partial charge in [0.25, 0.3) is 0 Å². The van der Waals surface area contributed by atoms with E-state index in [1.54, 1.807) is 0 Å². The van der Waals surface area contributed by atoms with Gasteiger partial charge in [-0.3, -0.25) is 9.80 Å². The standard InChI is InChI=1S/C15H25N3O/c1-2-13-5-6-15(19-13)14(11-16)18-9-7-17(8-10-18)12-3-4-12/h5-6,12,14H,2-4,7-11,16H2,1H3. The van der Waals surface area contributed by atoms with Crippen LogP contribution >= 0.6 is 0 Å². The Labute approximate surface area is 115 Å². The van der Waals surface area contributed by atoms with Crippen molar-refractivity contribution < 1.29 is 4.42 Å². The van der Waals surface area contributed by atoms with E-state index >= 15 is 0 Å². The second kappa shape index (κ2) is 5.65. The minimum atomic E-state index is 0.252. The molecule has 0 radical (unpaired) electrons. The normalized spacial score (nSPS) is 23.7. The minimum absolute atomic E-state index is 0.252.